The number of alkyl halides is 3. The van der Waals surface area contributed by atoms with Crippen LogP contribution in [0.15, 0.2) is 171 Å². The van der Waals surface area contributed by atoms with E-state index in [4.69, 9.17) is 71.3 Å². The molecular weight excluding hydrogens is 1280 g/mol. The van der Waals surface area contributed by atoms with E-state index in [1.165, 1.54) is 38.0 Å². The molecule has 2 fully saturated rings. The third-order valence-corrected chi connectivity index (χ3v) is 29.2. The minimum Gasteiger partial charge on any atom is -0.414 e. The summed E-state index contributed by atoms with van der Waals surface area (Å²) >= 11 is 0. The summed E-state index contributed by atoms with van der Waals surface area (Å²) in [6.07, 6.45) is -7.14. The fraction of sp³-hybridized carbons (Fsp3) is 0.429. The predicted octanol–water partition coefficient (Wildman–Crippen LogP) is 15.1. The average Bonchev–Trinajstić information content (AvgIpc) is 1.60. The summed E-state index contributed by atoms with van der Waals surface area (Å²) in [4.78, 5) is 33.4. The van der Waals surface area contributed by atoms with Crippen molar-refractivity contribution in [1.82, 2.24) is 39.0 Å². The van der Waals surface area contributed by atoms with Gasteiger partial charge < -0.3 is 37.6 Å². The van der Waals surface area contributed by atoms with Crippen molar-refractivity contribution >= 4 is 58.4 Å². The topological polar surface area (TPSA) is 194 Å². The maximum atomic E-state index is 16.3. The second-order valence-corrected chi connectivity index (χ2v) is 38.6. The molecule has 1 unspecified atom stereocenters. The lowest BCUT2D eigenvalue weighted by molar-refractivity contribution is -0.138. The Bertz CT molecular complexity index is 3990. The lowest BCUT2D eigenvalue weighted by atomic mass is 10.1. The molecule has 510 valence electrons. The first-order valence-corrected chi connectivity index (χ1v) is 39.4. The maximum absolute atomic E-state index is 16.3. The zero-order valence-electron chi connectivity index (χ0n) is 56.4. The van der Waals surface area contributed by atoms with Gasteiger partial charge in [-0.05, 0) is 70.1 Å². The van der Waals surface area contributed by atoms with Crippen molar-refractivity contribution < 1.29 is 59.1 Å². The molecule has 0 radical (unpaired) electrons. The molecule has 0 spiro atoms. The van der Waals surface area contributed by atoms with Gasteiger partial charge in [0.2, 0.25) is 0 Å². The highest BCUT2D eigenvalue weighted by Crippen LogP contribution is 2.56. The smallest absolute Gasteiger partial charge is 0.414 e. The number of anilines is 2. The largest absolute Gasteiger partial charge is 0.475 e. The molecule has 2 aliphatic heterocycles. The average molecular weight is 1370 g/mol. The number of ether oxygens (including phenoxy) is 4. The molecule has 2 saturated heterocycles. The van der Waals surface area contributed by atoms with Crippen LogP contribution in [0.4, 0.5) is 24.8 Å². The number of fused-ring (bicyclic) bond motifs is 2. The Hall–Kier alpha value is -7.11. The molecule has 4 aromatic heterocycles. The van der Waals surface area contributed by atoms with Crippen LogP contribution in [0.25, 0.3) is 22.3 Å². The first-order valence-electron chi connectivity index (χ1n) is 32.2. The van der Waals surface area contributed by atoms with Crippen molar-refractivity contribution in [2.24, 2.45) is 0 Å². The van der Waals surface area contributed by atoms with E-state index in [1.54, 1.807) is 28.9 Å². The van der Waals surface area contributed by atoms with Gasteiger partial charge in [0.05, 0.1) is 38.0 Å². The number of hydrogen-bond acceptors (Lipinski definition) is 18. The Morgan fingerprint density at radius 3 is 1.33 bits per heavy atom. The number of methoxy groups -OCH3 is 2. The minimum absolute atomic E-state index is 0.0883. The van der Waals surface area contributed by atoms with Gasteiger partial charge in [-0.25, -0.2) is 34.5 Å². The Labute approximate surface area is 561 Å². The van der Waals surface area contributed by atoms with Crippen LogP contribution in [-0.2, 0) is 84.9 Å². The van der Waals surface area contributed by atoms with Crippen molar-refractivity contribution in [3.63, 3.8) is 0 Å². The highest BCUT2D eigenvalue weighted by atomic mass is 31.2. The van der Waals surface area contributed by atoms with Crippen molar-refractivity contribution in [2.45, 2.75) is 166 Å². The van der Waals surface area contributed by atoms with Gasteiger partial charge in [-0.1, -0.05) is 181 Å². The summed E-state index contributed by atoms with van der Waals surface area (Å²) in [5.74, 6) is 1.14. The van der Waals surface area contributed by atoms with Crippen molar-refractivity contribution in [3.05, 3.63) is 204 Å². The molecule has 96 heavy (non-hydrogen) atoms. The van der Waals surface area contributed by atoms with Crippen LogP contribution in [-0.4, -0.2) is 120 Å². The van der Waals surface area contributed by atoms with Gasteiger partial charge in [-0.2, -0.15) is 13.2 Å². The Morgan fingerprint density at radius 1 is 0.510 bits per heavy atom. The van der Waals surface area contributed by atoms with Crippen LogP contribution < -0.4 is 9.80 Å². The second-order valence-electron chi connectivity index (χ2n) is 27.4. The Morgan fingerprint density at radius 2 is 0.917 bits per heavy atom. The van der Waals surface area contributed by atoms with E-state index in [1.807, 2.05) is 72.8 Å². The molecule has 0 N–H and O–H groups in total. The fourth-order valence-corrected chi connectivity index (χ4v) is 15.3. The first kappa shape index (κ1) is 70.2. The van der Waals surface area contributed by atoms with E-state index >= 15 is 4.57 Å². The normalized spacial score (nSPS) is 21.1. The van der Waals surface area contributed by atoms with Gasteiger partial charge in [0.15, 0.2) is 63.1 Å². The Kier molecular flexibility index (Phi) is 21.3. The predicted molar refractivity (Wildman–Crippen MR) is 365 cm³/mol. The van der Waals surface area contributed by atoms with E-state index in [2.05, 4.69) is 126 Å². The molecule has 0 aliphatic carbocycles. The van der Waals surface area contributed by atoms with Crippen molar-refractivity contribution in [2.75, 3.05) is 37.2 Å². The molecule has 11 rings (SSSR count). The molecule has 0 bridgehead atoms. The molecule has 6 heterocycles. The summed E-state index contributed by atoms with van der Waals surface area (Å²) in [6, 6.07) is 45.2. The van der Waals surface area contributed by atoms with E-state index in [0.29, 0.717) is 60.1 Å². The van der Waals surface area contributed by atoms with Crippen molar-refractivity contribution in [3.8, 4) is 0 Å². The third kappa shape index (κ3) is 15.7. The summed E-state index contributed by atoms with van der Waals surface area (Å²) in [7, 11) is -7.48. The number of nitrogens with zero attached hydrogens (tertiary/aromatic N) is 10. The van der Waals surface area contributed by atoms with Crippen LogP contribution >= 0.6 is 7.82 Å². The molecule has 0 saturated carbocycles. The lowest BCUT2D eigenvalue weighted by Gasteiger charge is -2.40. The van der Waals surface area contributed by atoms with E-state index < -0.39 is 98.5 Å². The first-order chi connectivity index (χ1) is 45.7. The van der Waals surface area contributed by atoms with E-state index in [9.17, 15) is 13.2 Å². The quantitative estimate of drug-likeness (QED) is 0.0348. The number of benzene rings is 5. The van der Waals surface area contributed by atoms with E-state index in [-0.39, 0.29) is 22.2 Å². The van der Waals surface area contributed by atoms with Crippen LogP contribution in [0.2, 0.25) is 36.3 Å². The van der Waals surface area contributed by atoms with Gasteiger partial charge >= 0.3 is 14.0 Å². The number of imidazole rings is 2. The number of phosphoric ester groups is 1. The summed E-state index contributed by atoms with van der Waals surface area (Å²) in [6.45, 7) is 21.5. The SMILES string of the molecule is CO[C@@H]1[C@H](O[Si](C)(C)C(C)(C)C)[C@@H](COP(=O)(OCc2ccccc2C(F)(F)F)O[C@H]2[C@@H](OC)[C@H](n3cnc4c(N(Cc5ccccc5)Cc5ccccc5)ncnc43)O[C@@H]2CO[Si](C)(C)C(C)(C)C)O[C@H]1n1cnc2c(N(Cc3ccccc3)Cc3ccccc3)ncnc21. The minimum atomic E-state index is -5.15. The summed E-state index contributed by atoms with van der Waals surface area (Å²) in [5, 5.41) is -0.597. The fourth-order valence-electron chi connectivity index (χ4n) is 11.6. The van der Waals surface area contributed by atoms with E-state index in [0.717, 1.165) is 28.3 Å². The standard InChI is InChI=1S/C70H86F3N10O10PSi2/c1-68(2,3)95(9,10)89-43-55-58(60(85-7)66(91-55)82-46-78-56-62(74-44-76-64(56)82)80(37-48-27-17-13-18-28-48)38-49-29-19-14-20-30-49)92-94(84,87-41-52-35-25-26-36-53(52)70(71,72)73)88-42-54-59(93-96(11,12)69(4,5)6)61(86-8)67(90-54)83-47-79-57-63(75-45-77-65(57)83)81(39-50-31-21-15-22-32-50)40-51-33-23-16-24-34-51/h13-36,44-47,54-55,58-61,66-67H,37-43H2,1-12H3/t54-,55-,58-,59-,60-,61-,66-,67-,94?/m1/s1. The van der Waals surface area contributed by atoms with Crippen LogP contribution in [0.5, 0.6) is 0 Å². The molecule has 9 aromatic rings. The number of hydrogen-bond donors (Lipinski definition) is 0. The number of rotatable bonds is 27. The van der Waals surface area contributed by atoms with Gasteiger partial charge in [-0.15, -0.1) is 0 Å². The number of halogens is 3. The van der Waals surface area contributed by atoms with Crippen LogP contribution in [0.3, 0.4) is 0 Å². The summed E-state index contributed by atoms with van der Waals surface area (Å²) < 4.78 is 125. The molecule has 9 atom stereocenters. The number of aromatic nitrogens is 8. The second kappa shape index (κ2) is 29.1. The molecular formula is C70H86F3N10O10PSi2. The van der Waals surface area contributed by atoms with Gasteiger partial charge in [0.25, 0.3) is 0 Å². The molecule has 26 heteroatoms. The maximum Gasteiger partial charge on any atom is 0.475 e. The number of phosphoric acid groups is 1. The highest BCUT2D eigenvalue weighted by Gasteiger charge is 2.55. The monoisotopic (exact) mass is 1370 g/mol. The van der Waals surface area contributed by atoms with Gasteiger partial charge in [0, 0.05) is 40.4 Å². The molecule has 20 nitrogen and oxygen atoms in total. The zero-order chi connectivity index (χ0) is 68.2. The highest BCUT2D eigenvalue weighted by molar-refractivity contribution is 7.48. The van der Waals surface area contributed by atoms with Crippen LogP contribution in [0.1, 0.15) is 87.4 Å². The molecule has 5 aromatic carbocycles. The summed E-state index contributed by atoms with van der Waals surface area (Å²) in [5.41, 5.74) is 4.69. The van der Waals surface area contributed by atoms with Crippen molar-refractivity contribution in [1.29, 1.82) is 0 Å². The molecule has 2 aliphatic rings. The molecule has 0 amide bonds. The third-order valence-electron chi connectivity index (χ3n) is 18.8. The zero-order valence-corrected chi connectivity index (χ0v) is 59.3. The van der Waals surface area contributed by atoms with Crippen LogP contribution in [0, 0.1) is 0 Å². The Balaban J connectivity index is 0.964. The van der Waals surface area contributed by atoms with Gasteiger partial charge in [-0.3, -0.25) is 22.7 Å². The van der Waals surface area contributed by atoms with Gasteiger partial charge in [0.1, 0.15) is 49.3 Å². The lowest BCUT2D eigenvalue weighted by Crippen LogP contribution is -2.50.